The molecule has 1 amide bonds. The number of aryl methyl sites for hydroxylation is 1. The van der Waals surface area contributed by atoms with Crippen molar-refractivity contribution in [3.63, 3.8) is 0 Å². The molecule has 0 N–H and O–H groups in total. The second-order valence-corrected chi connectivity index (χ2v) is 10.2. The van der Waals surface area contributed by atoms with E-state index in [2.05, 4.69) is 15.9 Å². The van der Waals surface area contributed by atoms with Crippen LogP contribution in [0.1, 0.15) is 21.7 Å². The molecule has 0 aliphatic rings. The predicted molar refractivity (Wildman–Crippen MR) is 137 cm³/mol. The molecule has 0 unspecified atom stereocenters. The average Bonchev–Trinajstić information content (AvgIpc) is 3.18. The second-order valence-electron chi connectivity index (χ2n) is 7.51. The Bertz CT molecular complexity index is 1540. The van der Waals surface area contributed by atoms with Crippen LogP contribution in [0.2, 0.25) is 0 Å². The number of carbonyl (C=O) groups excluding carboxylic acids is 2. The van der Waals surface area contributed by atoms with Gasteiger partial charge in [0.2, 0.25) is 0 Å². The fourth-order valence-electron chi connectivity index (χ4n) is 3.59. The zero-order valence-corrected chi connectivity index (χ0v) is 21.2. The third-order valence-corrected chi connectivity index (χ3v) is 7.51. The third-order valence-electron chi connectivity index (χ3n) is 5.24. The molecule has 0 atom stereocenters. The summed E-state index contributed by atoms with van der Waals surface area (Å²) in [4.78, 5) is 25.6. The molecule has 0 radical (unpaired) electrons. The summed E-state index contributed by atoms with van der Waals surface area (Å²) in [6, 6.07) is 19.4. The highest BCUT2D eigenvalue weighted by Gasteiger charge is 2.31. The van der Waals surface area contributed by atoms with E-state index in [9.17, 15) is 18.0 Å². The first kappa shape index (κ1) is 24.4. The number of halogens is 1. The Kier molecular flexibility index (Phi) is 6.90. The lowest BCUT2D eigenvalue weighted by Crippen LogP contribution is -2.35. The first-order valence-electron chi connectivity index (χ1n) is 10.4. The van der Waals surface area contributed by atoms with Crippen molar-refractivity contribution in [1.29, 1.82) is 0 Å². The zero-order valence-electron chi connectivity index (χ0n) is 18.8. The molecular formula is C26H20BrNO6S. The van der Waals surface area contributed by atoms with E-state index in [1.807, 2.05) is 18.2 Å². The fraction of sp³-hybridized carbons (Fsp3) is 0.0769. The Labute approximate surface area is 210 Å². The molecule has 0 bridgehead atoms. The Morgan fingerprint density at radius 1 is 1.00 bits per heavy atom. The van der Waals surface area contributed by atoms with Gasteiger partial charge in [0.15, 0.2) is 0 Å². The minimum absolute atomic E-state index is 0.0501. The monoisotopic (exact) mass is 553 g/mol. The lowest BCUT2D eigenvalue weighted by atomic mass is 10.1. The fourth-order valence-corrected chi connectivity index (χ4v) is 5.23. The molecule has 9 heteroatoms. The molecule has 4 rings (SSSR count). The van der Waals surface area contributed by atoms with E-state index in [4.69, 9.17) is 9.15 Å². The van der Waals surface area contributed by atoms with Crippen LogP contribution < -0.4 is 4.31 Å². The van der Waals surface area contributed by atoms with E-state index in [1.54, 1.807) is 31.2 Å². The van der Waals surface area contributed by atoms with Gasteiger partial charge in [0.05, 0.1) is 17.7 Å². The van der Waals surface area contributed by atoms with E-state index in [-0.39, 0.29) is 16.1 Å². The van der Waals surface area contributed by atoms with Crippen molar-refractivity contribution >= 4 is 60.6 Å². The molecule has 1 heterocycles. The normalized spacial score (nSPS) is 11.6. The SMILES string of the molecule is COC(=O)c1c(C)oc2ccc(N(C(=O)/C=C/c3ccccc3)S(=O)(=O)c3ccc(Br)cc3)cc12. The van der Waals surface area contributed by atoms with Gasteiger partial charge < -0.3 is 9.15 Å². The number of anilines is 1. The second kappa shape index (κ2) is 9.89. The van der Waals surface area contributed by atoms with Crippen molar-refractivity contribution in [1.82, 2.24) is 0 Å². The van der Waals surface area contributed by atoms with Gasteiger partial charge in [0.25, 0.3) is 15.9 Å². The number of hydrogen-bond acceptors (Lipinski definition) is 6. The van der Waals surface area contributed by atoms with Crippen LogP contribution in [0.15, 0.2) is 92.7 Å². The van der Waals surface area contributed by atoms with E-state index in [0.717, 1.165) is 5.56 Å². The number of amides is 1. The van der Waals surface area contributed by atoms with Gasteiger partial charge in [-0.3, -0.25) is 4.79 Å². The van der Waals surface area contributed by atoms with Crippen molar-refractivity contribution in [2.75, 3.05) is 11.4 Å². The van der Waals surface area contributed by atoms with Crippen LogP contribution >= 0.6 is 15.9 Å². The molecule has 0 aliphatic carbocycles. The lowest BCUT2D eigenvalue weighted by molar-refractivity contribution is -0.113. The maximum Gasteiger partial charge on any atom is 0.342 e. The standard InChI is InChI=1S/C26H20BrNO6S/c1-17-25(26(30)33-2)22-16-20(11-14-23(22)34-17)28(24(29)15-8-18-6-4-3-5-7-18)35(31,32)21-12-9-19(27)10-13-21/h3-16H,1-2H3/b15-8+. The minimum Gasteiger partial charge on any atom is -0.465 e. The molecule has 7 nitrogen and oxygen atoms in total. The molecule has 0 spiro atoms. The summed E-state index contributed by atoms with van der Waals surface area (Å²) in [5.74, 6) is -1.09. The van der Waals surface area contributed by atoms with Crippen molar-refractivity contribution in [2.24, 2.45) is 0 Å². The van der Waals surface area contributed by atoms with Crippen LogP contribution in [-0.4, -0.2) is 27.4 Å². The number of methoxy groups -OCH3 is 1. The number of esters is 1. The lowest BCUT2D eigenvalue weighted by Gasteiger charge is -2.21. The van der Waals surface area contributed by atoms with Crippen molar-refractivity contribution in [3.05, 3.63) is 100 Å². The first-order chi connectivity index (χ1) is 16.7. The van der Waals surface area contributed by atoms with Crippen molar-refractivity contribution in [2.45, 2.75) is 11.8 Å². The summed E-state index contributed by atoms with van der Waals surface area (Å²) >= 11 is 3.29. The number of fused-ring (bicyclic) bond motifs is 1. The summed E-state index contributed by atoms with van der Waals surface area (Å²) in [6.07, 6.45) is 2.73. The van der Waals surface area contributed by atoms with Gasteiger partial charge in [0, 0.05) is 15.9 Å². The van der Waals surface area contributed by atoms with Crippen LogP contribution in [0.4, 0.5) is 5.69 Å². The van der Waals surface area contributed by atoms with E-state index >= 15 is 0 Å². The average molecular weight is 554 g/mol. The van der Waals surface area contributed by atoms with Gasteiger partial charge >= 0.3 is 5.97 Å². The number of nitrogens with zero attached hydrogens (tertiary/aromatic N) is 1. The van der Waals surface area contributed by atoms with E-state index in [1.165, 1.54) is 49.6 Å². The number of carbonyl (C=O) groups is 2. The number of rotatable bonds is 6. The third kappa shape index (κ3) is 4.91. The molecule has 3 aromatic carbocycles. The van der Waals surface area contributed by atoms with Crippen LogP contribution in [0.3, 0.4) is 0 Å². The van der Waals surface area contributed by atoms with Gasteiger partial charge in [-0.05, 0) is 61.0 Å². The Balaban J connectivity index is 1.88. The Morgan fingerprint density at radius 3 is 2.34 bits per heavy atom. The molecule has 1 aromatic heterocycles. The molecule has 0 saturated heterocycles. The number of ether oxygens (including phenoxy) is 1. The summed E-state index contributed by atoms with van der Waals surface area (Å²) in [5, 5.41) is 0.336. The van der Waals surface area contributed by atoms with E-state index < -0.39 is 21.9 Å². The number of furan rings is 1. The van der Waals surface area contributed by atoms with Crippen LogP contribution in [-0.2, 0) is 19.6 Å². The summed E-state index contributed by atoms with van der Waals surface area (Å²) in [6.45, 7) is 1.61. The summed E-state index contributed by atoms with van der Waals surface area (Å²) in [5.41, 5.74) is 1.31. The predicted octanol–water partition coefficient (Wildman–Crippen LogP) is 5.73. The van der Waals surface area contributed by atoms with Gasteiger partial charge in [-0.2, -0.15) is 4.31 Å². The minimum atomic E-state index is -4.31. The maximum absolute atomic E-state index is 13.7. The van der Waals surface area contributed by atoms with Gasteiger partial charge in [-0.25, -0.2) is 13.2 Å². The number of benzene rings is 3. The molecule has 0 fully saturated rings. The molecule has 4 aromatic rings. The van der Waals surface area contributed by atoms with Crippen LogP contribution in [0.5, 0.6) is 0 Å². The molecule has 0 saturated carbocycles. The largest absolute Gasteiger partial charge is 0.465 e. The van der Waals surface area contributed by atoms with Crippen molar-refractivity contribution < 1.29 is 27.2 Å². The highest BCUT2D eigenvalue weighted by molar-refractivity contribution is 9.10. The maximum atomic E-state index is 13.7. The quantitative estimate of drug-likeness (QED) is 0.223. The van der Waals surface area contributed by atoms with Crippen molar-refractivity contribution in [3.8, 4) is 0 Å². The highest BCUT2D eigenvalue weighted by Crippen LogP contribution is 2.33. The van der Waals surface area contributed by atoms with E-state index in [0.29, 0.717) is 25.5 Å². The highest BCUT2D eigenvalue weighted by atomic mass is 79.9. The van der Waals surface area contributed by atoms with Crippen LogP contribution in [0, 0.1) is 6.92 Å². The topological polar surface area (TPSA) is 93.9 Å². The molecule has 35 heavy (non-hydrogen) atoms. The number of sulfonamides is 1. The van der Waals surface area contributed by atoms with Gasteiger partial charge in [-0.15, -0.1) is 0 Å². The molecule has 178 valence electrons. The summed E-state index contributed by atoms with van der Waals surface area (Å²) < 4.78 is 39.2. The van der Waals surface area contributed by atoms with Gasteiger partial charge in [0.1, 0.15) is 16.9 Å². The Morgan fingerprint density at radius 2 is 1.69 bits per heavy atom. The summed E-state index contributed by atoms with van der Waals surface area (Å²) in [7, 11) is -3.07. The zero-order chi connectivity index (χ0) is 25.2. The Hall–Kier alpha value is -3.69. The molecular weight excluding hydrogens is 534 g/mol. The smallest absolute Gasteiger partial charge is 0.342 e. The van der Waals surface area contributed by atoms with Gasteiger partial charge in [-0.1, -0.05) is 46.3 Å². The van der Waals surface area contributed by atoms with Crippen LogP contribution in [0.25, 0.3) is 17.0 Å². The number of hydrogen-bond donors (Lipinski definition) is 0. The first-order valence-corrected chi connectivity index (χ1v) is 12.6. The molecule has 0 aliphatic heterocycles.